The third-order valence-corrected chi connectivity index (χ3v) is 3.53. The highest BCUT2D eigenvalue weighted by molar-refractivity contribution is 6.15. The van der Waals surface area contributed by atoms with E-state index in [0.29, 0.717) is 5.69 Å². The van der Waals surface area contributed by atoms with E-state index in [0.717, 1.165) is 6.21 Å². The summed E-state index contributed by atoms with van der Waals surface area (Å²) in [7, 11) is 0. The van der Waals surface area contributed by atoms with Gasteiger partial charge < -0.3 is 14.6 Å². The van der Waals surface area contributed by atoms with Crippen LogP contribution in [0.4, 0.5) is 22.0 Å². The minimum atomic E-state index is -3.67. The number of esters is 1. The first-order valence-corrected chi connectivity index (χ1v) is 8.39. The van der Waals surface area contributed by atoms with Crippen molar-refractivity contribution in [2.24, 2.45) is 4.99 Å². The molecule has 0 atom stereocenters. The van der Waals surface area contributed by atoms with Gasteiger partial charge in [-0.1, -0.05) is 6.07 Å². The molecule has 11 heteroatoms. The van der Waals surface area contributed by atoms with Gasteiger partial charge in [0, 0.05) is 12.4 Å². The Bertz CT molecular complexity index is 965. The molecule has 0 bridgehead atoms. The van der Waals surface area contributed by atoms with Gasteiger partial charge >= 0.3 is 12.6 Å². The fourth-order valence-corrected chi connectivity index (χ4v) is 2.23. The predicted molar refractivity (Wildman–Crippen MR) is 95.6 cm³/mol. The van der Waals surface area contributed by atoms with Gasteiger partial charge in [0.25, 0.3) is 0 Å². The number of benzene rings is 1. The molecular formula is C19H15F5N2O4. The van der Waals surface area contributed by atoms with E-state index in [9.17, 15) is 31.9 Å². The molecule has 1 heterocycles. The Hall–Kier alpha value is -3.50. The van der Waals surface area contributed by atoms with Crippen molar-refractivity contribution in [1.82, 2.24) is 4.98 Å². The van der Waals surface area contributed by atoms with Crippen LogP contribution in [-0.4, -0.2) is 35.5 Å². The maximum absolute atomic E-state index is 14.5. The molecule has 160 valence electrons. The van der Waals surface area contributed by atoms with Gasteiger partial charge in [0.1, 0.15) is 11.3 Å². The van der Waals surface area contributed by atoms with Crippen LogP contribution in [0, 0.1) is 17.5 Å². The van der Waals surface area contributed by atoms with Crippen LogP contribution in [0.2, 0.25) is 0 Å². The number of aliphatic hydroxyl groups is 1. The lowest BCUT2D eigenvalue weighted by Gasteiger charge is -2.12. The zero-order valence-corrected chi connectivity index (χ0v) is 15.4. The lowest BCUT2D eigenvalue weighted by Crippen LogP contribution is -2.13. The summed E-state index contributed by atoms with van der Waals surface area (Å²) in [6.45, 7) is -2.40. The number of aliphatic hydroxyl groups excluding tert-OH is 1. The Morgan fingerprint density at radius 3 is 2.60 bits per heavy atom. The third kappa shape index (κ3) is 5.52. The van der Waals surface area contributed by atoms with Crippen LogP contribution in [0.25, 0.3) is 5.76 Å². The Balaban J connectivity index is 2.53. The number of nitrogens with zero attached hydrogens (tertiary/aromatic N) is 2. The molecule has 2 aromatic rings. The zero-order chi connectivity index (χ0) is 22.3. The van der Waals surface area contributed by atoms with E-state index in [2.05, 4.69) is 14.7 Å². The quantitative estimate of drug-likeness (QED) is 0.170. The van der Waals surface area contributed by atoms with E-state index in [4.69, 9.17) is 4.74 Å². The number of alkyl halides is 2. The number of aliphatic imine (C=N–C) groups is 1. The largest absolute Gasteiger partial charge is 0.506 e. The smallest absolute Gasteiger partial charge is 0.387 e. The van der Waals surface area contributed by atoms with E-state index < -0.39 is 52.7 Å². The van der Waals surface area contributed by atoms with Gasteiger partial charge in [0.15, 0.2) is 11.6 Å². The topological polar surface area (TPSA) is 81.0 Å². The third-order valence-electron chi connectivity index (χ3n) is 3.53. The highest BCUT2D eigenvalue weighted by Gasteiger charge is 2.27. The molecule has 0 saturated carbocycles. The molecule has 6 nitrogen and oxygen atoms in total. The molecule has 1 aromatic carbocycles. The van der Waals surface area contributed by atoms with Crippen molar-refractivity contribution in [3.8, 4) is 5.75 Å². The number of carbonyl (C=O) groups is 1. The summed E-state index contributed by atoms with van der Waals surface area (Å²) in [6.07, 6.45) is 2.31. The zero-order valence-electron chi connectivity index (χ0n) is 15.4. The monoisotopic (exact) mass is 430 g/mol. The van der Waals surface area contributed by atoms with Gasteiger partial charge in [-0.05, 0) is 25.1 Å². The minimum Gasteiger partial charge on any atom is -0.506 e. The summed E-state index contributed by atoms with van der Waals surface area (Å²) < 4.78 is 75.1. The normalized spacial score (nSPS) is 12.2. The van der Waals surface area contributed by atoms with Gasteiger partial charge in [0.2, 0.25) is 11.6 Å². The van der Waals surface area contributed by atoms with Crippen molar-refractivity contribution >= 4 is 17.9 Å². The molecule has 1 N–H and O–H groups in total. The number of carbonyl (C=O) groups excluding carboxylic acids is 1. The predicted octanol–water partition coefficient (Wildman–Crippen LogP) is 4.20. The molecule has 0 aliphatic heterocycles. The summed E-state index contributed by atoms with van der Waals surface area (Å²) in [5, 5.41) is 10.3. The first kappa shape index (κ1) is 22.8. The molecule has 1 aromatic heterocycles. The summed E-state index contributed by atoms with van der Waals surface area (Å²) in [5.41, 5.74) is -1.33. The molecular weight excluding hydrogens is 415 g/mol. The second kappa shape index (κ2) is 10.3. The Labute approximate surface area is 167 Å². The second-order valence-electron chi connectivity index (χ2n) is 5.52. The van der Waals surface area contributed by atoms with Gasteiger partial charge in [0.05, 0.1) is 24.4 Å². The van der Waals surface area contributed by atoms with Crippen LogP contribution in [0.1, 0.15) is 18.2 Å². The van der Waals surface area contributed by atoms with Gasteiger partial charge in [-0.25, -0.2) is 13.6 Å². The van der Waals surface area contributed by atoms with E-state index in [1.165, 1.54) is 13.1 Å². The fraction of sp³-hybridized carbons (Fsp3) is 0.211. The van der Waals surface area contributed by atoms with Gasteiger partial charge in [-0.2, -0.15) is 13.2 Å². The minimum absolute atomic E-state index is 0.0446. The molecule has 0 aliphatic carbocycles. The molecule has 0 amide bonds. The maximum atomic E-state index is 14.5. The van der Waals surface area contributed by atoms with Crippen LogP contribution in [0.5, 0.6) is 5.75 Å². The molecule has 0 unspecified atom stereocenters. The van der Waals surface area contributed by atoms with Crippen LogP contribution < -0.4 is 4.74 Å². The number of rotatable bonds is 8. The molecule has 0 fully saturated rings. The van der Waals surface area contributed by atoms with E-state index in [-0.39, 0.29) is 19.2 Å². The first-order chi connectivity index (χ1) is 14.3. The van der Waals surface area contributed by atoms with Crippen molar-refractivity contribution < 1.29 is 41.3 Å². The number of ether oxygens (including phenoxy) is 2. The van der Waals surface area contributed by atoms with Crippen molar-refractivity contribution in [2.75, 3.05) is 6.61 Å². The van der Waals surface area contributed by atoms with Crippen LogP contribution >= 0.6 is 0 Å². The molecule has 2 rings (SSSR count). The summed E-state index contributed by atoms with van der Waals surface area (Å²) in [5.74, 6) is -9.78. The Morgan fingerprint density at radius 2 is 2.00 bits per heavy atom. The molecule has 0 radical (unpaired) electrons. The summed E-state index contributed by atoms with van der Waals surface area (Å²) in [4.78, 5) is 20.0. The van der Waals surface area contributed by atoms with E-state index in [1.54, 1.807) is 18.2 Å². The van der Waals surface area contributed by atoms with Crippen molar-refractivity contribution in [3.63, 3.8) is 0 Å². The maximum Gasteiger partial charge on any atom is 0.387 e. The highest BCUT2D eigenvalue weighted by Crippen LogP contribution is 2.32. The van der Waals surface area contributed by atoms with E-state index in [1.807, 2.05) is 0 Å². The molecule has 0 spiro atoms. The standard InChI is InChI=1S/C19H15F5N2O4/c1-2-29-18(28)12(9-25-8-10-5-3-4-6-26-10)16(27)11-7-13(20)15(22)17(14(11)21)30-19(23)24/h3-7,9,19,27H,2,8H2,1H3/b16-12+,25-9?. The van der Waals surface area contributed by atoms with Gasteiger partial charge in [-0.15, -0.1) is 0 Å². The Kier molecular flexibility index (Phi) is 7.84. The number of hydrogen-bond acceptors (Lipinski definition) is 6. The van der Waals surface area contributed by atoms with Crippen LogP contribution in [0.3, 0.4) is 0 Å². The van der Waals surface area contributed by atoms with Gasteiger partial charge in [-0.3, -0.25) is 9.98 Å². The molecule has 30 heavy (non-hydrogen) atoms. The van der Waals surface area contributed by atoms with Crippen molar-refractivity contribution in [1.29, 1.82) is 0 Å². The lowest BCUT2D eigenvalue weighted by atomic mass is 10.1. The number of aromatic nitrogens is 1. The first-order valence-electron chi connectivity index (χ1n) is 8.39. The van der Waals surface area contributed by atoms with Crippen molar-refractivity contribution in [2.45, 2.75) is 20.1 Å². The fourth-order valence-electron chi connectivity index (χ4n) is 2.23. The van der Waals surface area contributed by atoms with Crippen LogP contribution in [0.15, 0.2) is 41.0 Å². The molecule has 0 aliphatic rings. The number of hydrogen-bond donors (Lipinski definition) is 1. The summed E-state index contributed by atoms with van der Waals surface area (Å²) in [6, 6.07) is 5.14. The summed E-state index contributed by atoms with van der Waals surface area (Å²) >= 11 is 0. The Morgan fingerprint density at radius 1 is 1.27 bits per heavy atom. The number of halogens is 5. The van der Waals surface area contributed by atoms with Crippen LogP contribution in [-0.2, 0) is 16.1 Å². The average Bonchev–Trinajstić information content (AvgIpc) is 2.71. The van der Waals surface area contributed by atoms with E-state index >= 15 is 0 Å². The average molecular weight is 430 g/mol. The van der Waals surface area contributed by atoms with Crippen molar-refractivity contribution in [3.05, 3.63) is 64.7 Å². The highest BCUT2D eigenvalue weighted by atomic mass is 19.3. The molecule has 0 saturated heterocycles. The SMILES string of the molecule is CCOC(=O)/C(C=NCc1ccccn1)=C(/O)c1cc(F)c(F)c(OC(F)F)c1F. The second-order valence-corrected chi connectivity index (χ2v) is 5.52. The number of pyridine rings is 1. The lowest BCUT2D eigenvalue weighted by molar-refractivity contribution is -0.137.